The van der Waals surface area contributed by atoms with Gasteiger partial charge in [-0.15, -0.1) is 11.3 Å². The smallest absolute Gasteiger partial charge is 0.263 e. The van der Waals surface area contributed by atoms with Gasteiger partial charge in [0.25, 0.3) is 5.56 Å². The third-order valence-electron chi connectivity index (χ3n) is 5.07. The molecule has 140 valence electrons. The number of thiophene rings is 1. The molecule has 0 spiro atoms. The number of hydrogen-bond acceptors (Lipinski definition) is 5. The van der Waals surface area contributed by atoms with Gasteiger partial charge in [0.15, 0.2) is 10.9 Å². The first-order valence-corrected chi connectivity index (χ1v) is 11.1. The number of carbonyl (C=O) groups excluding carboxylic acids is 1. The van der Waals surface area contributed by atoms with Crippen LogP contribution in [-0.2, 0) is 19.4 Å². The Bertz CT molecular complexity index is 1050. The largest absolute Gasteiger partial charge is 0.293 e. The van der Waals surface area contributed by atoms with Gasteiger partial charge in [-0.3, -0.25) is 14.2 Å². The molecule has 0 unspecified atom stereocenters. The van der Waals surface area contributed by atoms with E-state index in [2.05, 4.69) is 0 Å². The number of aryl methyl sites for hydroxylation is 2. The van der Waals surface area contributed by atoms with Gasteiger partial charge in [-0.1, -0.05) is 42.1 Å². The van der Waals surface area contributed by atoms with Gasteiger partial charge in [0.05, 0.1) is 10.6 Å². The lowest BCUT2D eigenvalue weighted by Crippen LogP contribution is -2.24. The summed E-state index contributed by atoms with van der Waals surface area (Å²) in [6.45, 7) is 4.40. The Hall–Kier alpha value is -1.92. The molecule has 2 aromatic heterocycles. The van der Waals surface area contributed by atoms with Crippen molar-refractivity contribution in [3.63, 3.8) is 0 Å². The van der Waals surface area contributed by atoms with E-state index < -0.39 is 0 Å². The van der Waals surface area contributed by atoms with Crippen LogP contribution >= 0.6 is 23.1 Å². The Morgan fingerprint density at radius 3 is 2.74 bits per heavy atom. The van der Waals surface area contributed by atoms with Crippen LogP contribution in [0.15, 0.2) is 40.3 Å². The number of rotatable bonds is 5. The maximum Gasteiger partial charge on any atom is 0.263 e. The molecule has 0 saturated heterocycles. The Kier molecular flexibility index (Phi) is 5.19. The fraction of sp³-hybridized carbons (Fsp3) is 0.381. The predicted molar refractivity (Wildman–Crippen MR) is 112 cm³/mol. The molecule has 1 aliphatic rings. The fourth-order valence-corrected chi connectivity index (χ4v) is 5.99. The minimum Gasteiger partial charge on any atom is -0.293 e. The van der Waals surface area contributed by atoms with Crippen molar-refractivity contribution in [1.82, 2.24) is 9.55 Å². The number of ketones is 1. The highest BCUT2D eigenvalue weighted by atomic mass is 32.2. The van der Waals surface area contributed by atoms with Crippen molar-refractivity contribution in [2.45, 2.75) is 56.5 Å². The zero-order chi connectivity index (χ0) is 19.0. The van der Waals surface area contributed by atoms with Gasteiger partial charge in [-0.25, -0.2) is 4.98 Å². The van der Waals surface area contributed by atoms with Crippen molar-refractivity contribution in [3.8, 4) is 0 Å². The maximum atomic E-state index is 13.2. The molecule has 4 nitrogen and oxygen atoms in total. The van der Waals surface area contributed by atoms with E-state index in [-0.39, 0.29) is 16.6 Å². The Morgan fingerprint density at radius 1 is 1.26 bits per heavy atom. The van der Waals surface area contributed by atoms with Gasteiger partial charge in [0, 0.05) is 17.0 Å². The molecule has 1 aliphatic carbocycles. The molecule has 0 amide bonds. The monoisotopic (exact) mass is 398 g/mol. The van der Waals surface area contributed by atoms with E-state index in [1.54, 1.807) is 15.9 Å². The zero-order valence-corrected chi connectivity index (χ0v) is 17.2. The van der Waals surface area contributed by atoms with Crippen LogP contribution in [0.5, 0.6) is 0 Å². The summed E-state index contributed by atoms with van der Waals surface area (Å²) in [6.07, 6.45) is 4.36. The Balaban J connectivity index is 1.73. The lowest BCUT2D eigenvalue weighted by Gasteiger charge is -2.14. The molecule has 0 saturated carbocycles. The highest BCUT2D eigenvalue weighted by Gasteiger charge is 2.24. The maximum absolute atomic E-state index is 13.2. The van der Waals surface area contributed by atoms with Crippen LogP contribution in [-0.4, -0.2) is 20.6 Å². The van der Waals surface area contributed by atoms with E-state index in [0.29, 0.717) is 17.3 Å². The predicted octanol–water partition coefficient (Wildman–Crippen LogP) is 4.72. The minimum atomic E-state index is -0.302. The van der Waals surface area contributed by atoms with Crippen LogP contribution in [0.3, 0.4) is 0 Å². The van der Waals surface area contributed by atoms with Gasteiger partial charge in [0.1, 0.15) is 4.83 Å². The first kappa shape index (κ1) is 18.4. The number of carbonyl (C=O) groups is 1. The number of Topliss-reactive ketones (excluding diaryl/α,β-unsaturated/α-hetero) is 1. The number of fused-ring (bicyclic) bond motifs is 3. The molecular weight excluding hydrogens is 376 g/mol. The van der Waals surface area contributed by atoms with Gasteiger partial charge in [-0.05, 0) is 45.1 Å². The van der Waals surface area contributed by atoms with Crippen LogP contribution in [0.2, 0.25) is 0 Å². The quantitative estimate of drug-likeness (QED) is 0.354. The van der Waals surface area contributed by atoms with Gasteiger partial charge in [-0.2, -0.15) is 0 Å². The van der Waals surface area contributed by atoms with E-state index >= 15 is 0 Å². The summed E-state index contributed by atoms with van der Waals surface area (Å²) in [5, 5.41) is 1.15. The summed E-state index contributed by atoms with van der Waals surface area (Å²) >= 11 is 3.04. The lowest BCUT2D eigenvalue weighted by atomic mass is 9.97. The first-order chi connectivity index (χ1) is 13.1. The number of aromatic nitrogens is 2. The van der Waals surface area contributed by atoms with Gasteiger partial charge >= 0.3 is 0 Å². The second-order valence-electron chi connectivity index (χ2n) is 6.83. The molecule has 27 heavy (non-hydrogen) atoms. The number of benzene rings is 1. The normalized spacial score (nSPS) is 14.9. The van der Waals surface area contributed by atoms with Crippen molar-refractivity contribution >= 4 is 39.1 Å². The molecule has 0 radical (unpaired) electrons. The summed E-state index contributed by atoms with van der Waals surface area (Å²) < 4.78 is 1.73. The Morgan fingerprint density at radius 2 is 2.00 bits per heavy atom. The number of nitrogens with zero attached hydrogens (tertiary/aromatic N) is 2. The lowest BCUT2D eigenvalue weighted by molar-refractivity contribution is 0.0994. The fourth-order valence-electron chi connectivity index (χ4n) is 3.64. The highest BCUT2D eigenvalue weighted by molar-refractivity contribution is 8.00. The molecule has 0 fully saturated rings. The second kappa shape index (κ2) is 7.60. The highest BCUT2D eigenvalue weighted by Crippen LogP contribution is 2.35. The van der Waals surface area contributed by atoms with Crippen LogP contribution < -0.4 is 5.56 Å². The number of hydrogen-bond donors (Lipinski definition) is 0. The van der Waals surface area contributed by atoms with Crippen LogP contribution in [0.4, 0.5) is 0 Å². The van der Waals surface area contributed by atoms with Crippen molar-refractivity contribution in [3.05, 3.63) is 56.7 Å². The van der Waals surface area contributed by atoms with E-state index in [1.807, 2.05) is 44.2 Å². The average molecular weight is 399 g/mol. The summed E-state index contributed by atoms with van der Waals surface area (Å²) in [4.78, 5) is 32.9. The summed E-state index contributed by atoms with van der Waals surface area (Å²) in [7, 11) is 0. The van der Waals surface area contributed by atoms with Crippen molar-refractivity contribution < 1.29 is 4.79 Å². The molecular formula is C21H22N2O2S2. The average Bonchev–Trinajstić information content (AvgIpc) is 3.06. The zero-order valence-electron chi connectivity index (χ0n) is 15.5. The van der Waals surface area contributed by atoms with E-state index in [0.717, 1.165) is 29.5 Å². The molecule has 0 N–H and O–H groups in total. The standard InChI is InChI=1S/C21H22N2O2S2/c1-3-23-20(25)17-15-11-7-8-12-16(15)27-19(17)22-21(23)26-13(2)18(24)14-9-5-4-6-10-14/h4-6,9-10,13H,3,7-8,11-12H2,1-2H3/t13-/m1/s1. The van der Waals surface area contributed by atoms with E-state index in [1.165, 1.54) is 28.6 Å². The summed E-state index contributed by atoms with van der Waals surface area (Å²) in [5.41, 5.74) is 1.95. The third-order valence-corrected chi connectivity index (χ3v) is 7.34. The van der Waals surface area contributed by atoms with Gasteiger partial charge < -0.3 is 0 Å². The SMILES string of the molecule is CCn1c(S[C@H](C)C(=O)c2ccccc2)nc2sc3c(c2c1=O)CCCC3. The summed E-state index contributed by atoms with van der Waals surface area (Å²) in [5.74, 6) is 0.0584. The minimum absolute atomic E-state index is 0.0451. The van der Waals surface area contributed by atoms with E-state index in [9.17, 15) is 9.59 Å². The Labute approximate surface area is 166 Å². The van der Waals surface area contributed by atoms with Crippen LogP contribution in [0.1, 0.15) is 47.5 Å². The van der Waals surface area contributed by atoms with Crippen molar-refractivity contribution in [1.29, 1.82) is 0 Å². The van der Waals surface area contributed by atoms with Gasteiger partial charge in [0.2, 0.25) is 0 Å². The molecule has 2 heterocycles. The third kappa shape index (κ3) is 3.36. The molecule has 3 aromatic rings. The molecule has 4 rings (SSSR count). The molecule has 1 atom stereocenters. The number of thioether (sulfide) groups is 1. The van der Waals surface area contributed by atoms with Crippen LogP contribution in [0, 0.1) is 0 Å². The molecule has 0 aliphatic heterocycles. The molecule has 6 heteroatoms. The topological polar surface area (TPSA) is 52.0 Å². The van der Waals surface area contributed by atoms with Crippen molar-refractivity contribution in [2.75, 3.05) is 0 Å². The van der Waals surface area contributed by atoms with Crippen molar-refractivity contribution in [2.24, 2.45) is 0 Å². The molecule has 0 bridgehead atoms. The second-order valence-corrected chi connectivity index (χ2v) is 9.22. The molecule has 1 aromatic carbocycles. The summed E-state index contributed by atoms with van der Waals surface area (Å²) in [6, 6.07) is 9.30. The first-order valence-electron chi connectivity index (χ1n) is 9.41. The van der Waals surface area contributed by atoms with Crippen LogP contribution in [0.25, 0.3) is 10.2 Å². The van der Waals surface area contributed by atoms with E-state index in [4.69, 9.17) is 4.98 Å².